The predicted octanol–water partition coefficient (Wildman–Crippen LogP) is 4.38. The molecule has 0 unspecified atom stereocenters. The van der Waals surface area contributed by atoms with Crippen molar-refractivity contribution in [3.8, 4) is 5.75 Å². The van der Waals surface area contributed by atoms with E-state index >= 15 is 0 Å². The maximum absolute atomic E-state index is 10.9. The van der Waals surface area contributed by atoms with Crippen LogP contribution in [0.15, 0.2) is 24.3 Å². The highest BCUT2D eigenvalue weighted by atomic mass is 35.5. The molecule has 1 rings (SSSR count). The molecule has 0 N–H and O–H groups in total. The van der Waals surface area contributed by atoms with Crippen LogP contribution in [0, 0.1) is 0 Å². The molecule has 21 heavy (non-hydrogen) atoms. The van der Waals surface area contributed by atoms with E-state index in [4.69, 9.17) is 16.3 Å². The summed E-state index contributed by atoms with van der Waals surface area (Å²) in [7, 11) is 0. The summed E-state index contributed by atoms with van der Waals surface area (Å²) in [6.45, 7) is 8.48. The van der Waals surface area contributed by atoms with Crippen molar-refractivity contribution in [1.82, 2.24) is 4.90 Å². The molecule has 0 saturated heterocycles. The average Bonchev–Trinajstić information content (AvgIpc) is 2.44. The first-order valence-electron chi connectivity index (χ1n) is 7.32. The predicted molar refractivity (Wildman–Crippen MR) is 91.0 cm³/mol. The van der Waals surface area contributed by atoms with Gasteiger partial charge in [0.25, 0.3) is 5.24 Å². The van der Waals surface area contributed by atoms with Crippen LogP contribution in [0.2, 0.25) is 0 Å². The summed E-state index contributed by atoms with van der Waals surface area (Å²) in [6, 6.07) is 6.94. The Morgan fingerprint density at radius 1 is 1.10 bits per heavy atom. The number of halogens is 2. The lowest BCUT2D eigenvalue weighted by molar-refractivity contribution is 0.108. The van der Waals surface area contributed by atoms with Gasteiger partial charge in [0.15, 0.2) is 0 Å². The lowest BCUT2D eigenvalue weighted by Crippen LogP contribution is -2.27. The Kier molecular flexibility index (Phi) is 11.4. The number of hydrogen-bond donors (Lipinski definition) is 0. The summed E-state index contributed by atoms with van der Waals surface area (Å²) in [4.78, 5) is 13.4. The number of hydrogen-bond acceptors (Lipinski definition) is 3. The Morgan fingerprint density at radius 2 is 1.67 bits per heavy atom. The van der Waals surface area contributed by atoms with Gasteiger partial charge in [-0.3, -0.25) is 4.79 Å². The van der Waals surface area contributed by atoms with E-state index in [1.165, 1.54) is 12.8 Å². The zero-order valence-corrected chi connectivity index (χ0v) is 14.4. The van der Waals surface area contributed by atoms with Gasteiger partial charge in [-0.15, -0.1) is 12.4 Å². The van der Waals surface area contributed by atoms with E-state index < -0.39 is 5.24 Å². The van der Waals surface area contributed by atoms with E-state index in [9.17, 15) is 4.79 Å². The minimum absolute atomic E-state index is 0. The van der Waals surface area contributed by atoms with Crippen molar-refractivity contribution < 1.29 is 9.53 Å². The highest BCUT2D eigenvalue weighted by Crippen LogP contribution is 2.13. The molecule has 0 aliphatic carbocycles. The van der Waals surface area contributed by atoms with Crippen LogP contribution >= 0.6 is 24.0 Å². The molecule has 0 spiro atoms. The van der Waals surface area contributed by atoms with Gasteiger partial charge in [0.1, 0.15) is 5.75 Å². The molecule has 0 aromatic heterocycles. The molecule has 0 amide bonds. The fourth-order valence-electron chi connectivity index (χ4n) is 2.13. The molecular weight excluding hydrogens is 309 g/mol. The minimum atomic E-state index is -0.439. The molecular formula is C16H25Cl2NO2. The summed E-state index contributed by atoms with van der Waals surface area (Å²) < 4.78 is 5.67. The Labute approximate surface area is 139 Å². The molecule has 0 radical (unpaired) electrons. The SMILES string of the molecule is CCCN(CCC)CCCOc1ccc(C(=O)Cl)cc1.Cl. The van der Waals surface area contributed by atoms with Crippen LogP contribution in [0.5, 0.6) is 5.75 Å². The van der Waals surface area contributed by atoms with E-state index in [1.54, 1.807) is 24.3 Å². The molecule has 5 heteroatoms. The van der Waals surface area contributed by atoms with E-state index in [-0.39, 0.29) is 12.4 Å². The number of carbonyl (C=O) groups is 1. The van der Waals surface area contributed by atoms with Crippen molar-refractivity contribution in [2.45, 2.75) is 33.1 Å². The Morgan fingerprint density at radius 3 is 2.14 bits per heavy atom. The van der Waals surface area contributed by atoms with Crippen molar-refractivity contribution in [3.05, 3.63) is 29.8 Å². The third-order valence-electron chi connectivity index (χ3n) is 3.05. The molecule has 0 heterocycles. The zero-order valence-electron chi connectivity index (χ0n) is 12.8. The molecule has 3 nitrogen and oxygen atoms in total. The van der Waals surface area contributed by atoms with E-state index in [1.807, 2.05) is 0 Å². The van der Waals surface area contributed by atoms with Crippen LogP contribution in [0.25, 0.3) is 0 Å². The van der Waals surface area contributed by atoms with E-state index in [2.05, 4.69) is 18.7 Å². The van der Waals surface area contributed by atoms with Crippen LogP contribution in [0.3, 0.4) is 0 Å². The fourth-order valence-corrected chi connectivity index (χ4v) is 2.25. The van der Waals surface area contributed by atoms with Crippen LogP contribution in [0.4, 0.5) is 0 Å². The van der Waals surface area contributed by atoms with Crippen LogP contribution in [0.1, 0.15) is 43.5 Å². The number of carbonyl (C=O) groups excluding carboxylic acids is 1. The Bertz CT molecular complexity index is 390. The van der Waals surface area contributed by atoms with Crippen molar-refractivity contribution in [3.63, 3.8) is 0 Å². The summed E-state index contributed by atoms with van der Waals surface area (Å²) in [5, 5.41) is -0.439. The fraction of sp³-hybridized carbons (Fsp3) is 0.562. The summed E-state index contributed by atoms with van der Waals surface area (Å²) in [5.41, 5.74) is 0.496. The second-order valence-corrected chi connectivity index (χ2v) is 5.19. The summed E-state index contributed by atoms with van der Waals surface area (Å²) in [6.07, 6.45) is 3.39. The van der Waals surface area contributed by atoms with Gasteiger partial charge in [0, 0.05) is 12.1 Å². The molecule has 0 atom stereocenters. The van der Waals surface area contributed by atoms with Crippen LogP contribution in [-0.4, -0.2) is 36.4 Å². The van der Waals surface area contributed by atoms with Gasteiger partial charge < -0.3 is 9.64 Å². The smallest absolute Gasteiger partial charge is 0.252 e. The number of nitrogens with zero attached hydrogens (tertiary/aromatic N) is 1. The Balaban J connectivity index is 0.00000400. The van der Waals surface area contributed by atoms with Gasteiger partial charge in [-0.25, -0.2) is 0 Å². The second kappa shape index (κ2) is 11.8. The Hall–Kier alpha value is -0.770. The van der Waals surface area contributed by atoms with Gasteiger partial charge >= 0.3 is 0 Å². The minimum Gasteiger partial charge on any atom is -0.494 e. The molecule has 0 fully saturated rings. The monoisotopic (exact) mass is 333 g/mol. The van der Waals surface area contributed by atoms with Crippen molar-refractivity contribution in [1.29, 1.82) is 0 Å². The number of rotatable bonds is 10. The lowest BCUT2D eigenvalue weighted by Gasteiger charge is -2.20. The number of ether oxygens (including phenoxy) is 1. The highest BCUT2D eigenvalue weighted by molar-refractivity contribution is 6.67. The van der Waals surface area contributed by atoms with Crippen molar-refractivity contribution in [2.75, 3.05) is 26.2 Å². The van der Waals surface area contributed by atoms with E-state index in [0.717, 1.165) is 31.8 Å². The molecule has 120 valence electrons. The molecule has 0 aliphatic heterocycles. The molecule has 0 saturated carbocycles. The normalized spacial score (nSPS) is 10.3. The largest absolute Gasteiger partial charge is 0.494 e. The van der Waals surface area contributed by atoms with Gasteiger partial charge in [0.05, 0.1) is 6.61 Å². The number of benzene rings is 1. The maximum Gasteiger partial charge on any atom is 0.252 e. The third-order valence-corrected chi connectivity index (χ3v) is 3.27. The first-order valence-corrected chi connectivity index (χ1v) is 7.70. The molecule has 1 aromatic carbocycles. The van der Waals surface area contributed by atoms with Gasteiger partial charge in [-0.05, 0) is 68.2 Å². The molecule has 1 aromatic rings. The zero-order chi connectivity index (χ0) is 14.8. The standard InChI is InChI=1S/C16H24ClNO2.ClH/c1-3-10-18(11-4-2)12-5-13-20-15-8-6-14(7-9-15)16(17)19;/h6-9H,3-5,10-13H2,1-2H3;1H. The van der Waals surface area contributed by atoms with Gasteiger partial charge in [-0.2, -0.15) is 0 Å². The molecule has 0 bridgehead atoms. The van der Waals surface area contributed by atoms with Gasteiger partial charge in [0.2, 0.25) is 0 Å². The van der Waals surface area contributed by atoms with Crippen LogP contribution in [-0.2, 0) is 0 Å². The van der Waals surface area contributed by atoms with Crippen molar-refractivity contribution >= 4 is 29.3 Å². The molecule has 0 aliphatic rings. The van der Waals surface area contributed by atoms with E-state index in [0.29, 0.717) is 12.2 Å². The average molecular weight is 334 g/mol. The first kappa shape index (κ1) is 20.2. The summed E-state index contributed by atoms with van der Waals surface area (Å²) in [5.74, 6) is 0.782. The second-order valence-electron chi connectivity index (χ2n) is 4.84. The third kappa shape index (κ3) is 8.30. The first-order chi connectivity index (χ1) is 9.67. The topological polar surface area (TPSA) is 29.5 Å². The lowest BCUT2D eigenvalue weighted by atomic mass is 10.2. The summed E-state index contributed by atoms with van der Waals surface area (Å²) >= 11 is 5.39. The quantitative estimate of drug-likeness (QED) is 0.470. The highest BCUT2D eigenvalue weighted by Gasteiger charge is 2.03. The maximum atomic E-state index is 10.9. The van der Waals surface area contributed by atoms with Gasteiger partial charge in [-0.1, -0.05) is 13.8 Å². The van der Waals surface area contributed by atoms with Crippen LogP contribution < -0.4 is 4.74 Å². The van der Waals surface area contributed by atoms with Crippen molar-refractivity contribution in [2.24, 2.45) is 0 Å².